The maximum atomic E-state index is 11.2. The molecule has 1 aliphatic carbocycles. The molecule has 0 spiro atoms. The molecule has 2 bridgehead atoms. The molecule has 0 aromatic rings. The van der Waals surface area contributed by atoms with E-state index in [2.05, 4.69) is 13.8 Å². The maximum absolute atomic E-state index is 11.2. The molecule has 3 fully saturated rings. The molecule has 14 heavy (non-hydrogen) atoms. The van der Waals surface area contributed by atoms with Crippen LogP contribution in [-0.4, -0.2) is 29.2 Å². The molecule has 2 N–H and O–H groups in total. The van der Waals surface area contributed by atoms with Crippen molar-refractivity contribution in [2.45, 2.75) is 44.7 Å². The van der Waals surface area contributed by atoms with Crippen molar-refractivity contribution in [3.63, 3.8) is 0 Å². The molecule has 3 nitrogen and oxygen atoms in total. The second-order valence-corrected chi connectivity index (χ2v) is 4.70. The highest BCUT2D eigenvalue weighted by Crippen LogP contribution is 2.40. The molecular weight excluding hydrogens is 202 g/mol. The average molecular weight is 220 g/mol. The number of carboxylic acid groups (broad SMARTS) is 1. The second-order valence-electron chi connectivity index (χ2n) is 4.70. The number of hydrogen-bond acceptors (Lipinski definition) is 1. The first kappa shape index (κ1) is 11.8. The van der Waals surface area contributed by atoms with Crippen molar-refractivity contribution >= 4 is 5.97 Å². The molecule has 1 saturated carbocycles. The predicted octanol–water partition coefficient (Wildman–Crippen LogP) is -3.08. The van der Waals surface area contributed by atoms with Crippen LogP contribution in [0, 0.1) is 5.92 Å². The lowest BCUT2D eigenvalue weighted by Crippen LogP contribution is -3.21. The van der Waals surface area contributed by atoms with Gasteiger partial charge in [0, 0.05) is 18.8 Å². The van der Waals surface area contributed by atoms with Gasteiger partial charge >= 0.3 is 5.97 Å². The standard InChI is InChI=1S/C10H17NO2.ClH/c1-3-7(2)11-6-8-4-10(11,5-8)9(12)13;/h7-8H,3-6H2,1-2H3,(H,12,13);1H. The number of carbonyl (C=O) groups is 1. The Morgan fingerprint density at radius 2 is 2.21 bits per heavy atom. The van der Waals surface area contributed by atoms with E-state index < -0.39 is 5.97 Å². The van der Waals surface area contributed by atoms with E-state index in [4.69, 9.17) is 0 Å². The molecule has 2 unspecified atom stereocenters. The van der Waals surface area contributed by atoms with Crippen molar-refractivity contribution in [1.82, 2.24) is 0 Å². The Kier molecular flexibility index (Phi) is 3.12. The van der Waals surface area contributed by atoms with Crippen LogP contribution in [0.25, 0.3) is 0 Å². The first-order chi connectivity index (χ1) is 6.10. The van der Waals surface area contributed by atoms with Crippen molar-refractivity contribution in [2.24, 2.45) is 5.92 Å². The van der Waals surface area contributed by atoms with Crippen LogP contribution in [0.5, 0.6) is 0 Å². The third-order valence-electron chi connectivity index (χ3n) is 4.01. The molecule has 82 valence electrons. The topological polar surface area (TPSA) is 41.7 Å². The summed E-state index contributed by atoms with van der Waals surface area (Å²) >= 11 is 0. The smallest absolute Gasteiger partial charge is 0.365 e. The first-order valence-corrected chi connectivity index (χ1v) is 5.19. The Bertz CT molecular complexity index is 238. The summed E-state index contributed by atoms with van der Waals surface area (Å²) in [5.74, 6) is 0.122. The van der Waals surface area contributed by atoms with Gasteiger partial charge in [-0.05, 0) is 13.3 Å². The number of quaternary nitrogens is 1. The lowest BCUT2D eigenvalue weighted by atomic mass is 9.73. The predicted molar refractivity (Wildman–Crippen MR) is 48.7 cm³/mol. The van der Waals surface area contributed by atoms with Gasteiger partial charge in [0.1, 0.15) is 0 Å². The Balaban J connectivity index is 0.000000980. The van der Waals surface area contributed by atoms with Crippen LogP contribution in [-0.2, 0) is 4.79 Å². The van der Waals surface area contributed by atoms with Crippen molar-refractivity contribution in [3.8, 4) is 0 Å². The molecular formula is C10H18ClNO2. The largest absolute Gasteiger partial charge is 1.00 e. The van der Waals surface area contributed by atoms with E-state index in [1.54, 1.807) is 0 Å². The SMILES string of the molecule is CCC(C)[NH+]1CC2CC1(C(=O)O)C2.[Cl-]. The molecule has 3 rings (SSSR count). The fourth-order valence-electron chi connectivity index (χ4n) is 3.07. The van der Waals surface area contributed by atoms with Gasteiger partial charge < -0.3 is 22.4 Å². The van der Waals surface area contributed by atoms with Gasteiger partial charge in [-0.2, -0.15) is 0 Å². The van der Waals surface area contributed by atoms with Crippen molar-refractivity contribution in [2.75, 3.05) is 6.54 Å². The van der Waals surface area contributed by atoms with Crippen LogP contribution in [0.3, 0.4) is 0 Å². The highest BCUT2D eigenvalue weighted by atomic mass is 35.5. The molecule has 0 aromatic heterocycles. The van der Waals surface area contributed by atoms with Crippen LogP contribution in [0.15, 0.2) is 0 Å². The van der Waals surface area contributed by atoms with Gasteiger partial charge in [-0.15, -0.1) is 0 Å². The van der Waals surface area contributed by atoms with Gasteiger partial charge in [-0.3, -0.25) is 0 Å². The normalized spacial score (nSPS) is 41.0. The zero-order valence-corrected chi connectivity index (χ0v) is 9.47. The maximum Gasteiger partial charge on any atom is 0.365 e. The van der Waals surface area contributed by atoms with E-state index in [1.165, 1.54) is 4.90 Å². The van der Waals surface area contributed by atoms with Gasteiger partial charge in [0.05, 0.1) is 12.6 Å². The Hall–Kier alpha value is -0.280. The van der Waals surface area contributed by atoms with Crippen LogP contribution < -0.4 is 17.3 Å². The van der Waals surface area contributed by atoms with Gasteiger partial charge in [0.15, 0.2) is 5.54 Å². The summed E-state index contributed by atoms with van der Waals surface area (Å²) in [7, 11) is 0. The number of nitrogens with one attached hydrogen (secondary N) is 1. The number of fused-ring (bicyclic) bond motifs is 1. The van der Waals surface area contributed by atoms with Crippen molar-refractivity contribution < 1.29 is 27.2 Å². The summed E-state index contributed by atoms with van der Waals surface area (Å²) in [6.07, 6.45) is 2.92. The van der Waals surface area contributed by atoms with Crippen LogP contribution in [0.1, 0.15) is 33.1 Å². The minimum atomic E-state index is -0.573. The third kappa shape index (κ3) is 1.34. The molecule has 2 atom stereocenters. The molecule has 2 saturated heterocycles. The van der Waals surface area contributed by atoms with E-state index in [9.17, 15) is 9.90 Å². The first-order valence-electron chi connectivity index (χ1n) is 5.19. The number of halogens is 1. The minimum Gasteiger partial charge on any atom is -1.00 e. The molecule has 2 aliphatic heterocycles. The monoisotopic (exact) mass is 219 g/mol. The highest BCUT2D eigenvalue weighted by molar-refractivity contribution is 5.78. The van der Waals surface area contributed by atoms with E-state index in [1.807, 2.05) is 0 Å². The lowest BCUT2D eigenvalue weighted by molar-refractivity contribution is -0.944. The molecule has 4 heteroatoms. The molecule has 2 heterocycles. The molecule has 0 radical (unpaired) electrons. The average Bonchev–Trinajstić information content (AvgIpc) is 2.55. The minimum absolute atomic E-state index is 0. The molecule has 3 aliphatic rings. The number of aliphatic carboxylic acids is 1. The van der Waals surface area contributed by atoms with E-state index in [0.29, 0.717) is 12.0 Å². The fraction of sp³-hybridized carbons (Fsp3) is 0.900. The van der Waals surface area contributed by atoms with Gasteiger partial charge in [-0.1, -0.05) is 6.92 Å². The summed E-state index contributed by atoms with van der Waals surface area (Å²) in [5, 5.41) is 9.20. The number of rotatable bonds is 3. The summed E-state index contributed by atoms with van der Waals surface area (Å²) in [5.41, 5.74) is -0.389. The fourth-order valence-corrected chi connectivity index (χ4v) is 3.07. The van der Waals surface area contributed by atoms with Crippen molar-refractivity contribution in [1.29, 1.82) is 0 Å². The van der Waals surface area contributed by atoms with Gasteiger partial charge in [0.2, 0.25) is 0 Å². The zero-order valence-electron chi connectivity index (χ0n) is 8.72. The molecule has 0 aromatic carbocycles. The van der Waals surface area contributed by atoms with E-state index in [0.717, 1.165) is 25.8 Å². The summed E-state index contributed by atoms with van der Waals surface area (Å²) in [6.45, 7) is 5.39. The summed E-state index contributed by atoms with van der Waals surface area (Å²) in [4.78, 5) is 12.5. The number of carboxylic acids is 1. The van der Waals surface area contributed by atoms with Crippen LogP contribution in [0.2, 0.25) is 0 Å². The quantitative estimate of drug-likeness (QED) is 0.529. The third-order valence-corrected chi connectivity index (χ3v) is 4.01. The Morgan fingerprint density at radius 3 is 2.64 bits per heavy atom. The lowest BCUT2D eigenvalue weighted by Gasteiger charge is -2.36. The summed E-state index contributed by atoms with van der Waals surface area (Å²) < 4.78 is 0. The number of hydrogen-bond donors (Lipinski definition) is 2. The summed E-state index contributed by atoms with van der Waals surface area (Å²) in [6, 6.07) is 0.503. The van der Waals surface area contributed by atoms with Gasteiger partial charge in [0.25, 0.3) is 0 Å². The zero-order chi connectivity index (χ0) is 9.64. The Morgan fingerprint density at radius 1 is 1.64 bits per heavy atom. The highest BCUT2D eigenvalue weighted by Gasteiger charge is 2.66. The van der Waals surface area contributed by atoms with Crippen LogP contribution in [0.4, 0.5) is 0 Å². The molecule has 0 amide bonds. The van der Waals surface area contributed by atoms with Crippen molar-refractivity contribution in [3.05, 3.63) is 0 Å². The van der Waals surface area contributed by atoms with E-state index >= 15 is 0 Å². The van der Waals surface area contributed by atoms with Crippen LogP contribution >= 0.6 is 0 Å². The second kappa shape index (κ2) is 3.70. The van der Waals surface area contributed by atoms with E-state index in [-0.39, 0.29) is 17.9 Å². The Labute approximate surface area is 90.9 Å². The van der Waals surface area contributed by atoms with Gasteiger partial charge in [-0.25, -0.2) is 4.79 Å².